The molecule has 6 nitrogen and oxygen atoms in total. The molecule has 8 heteroatoms. The molecule has 0 spiro atoms. The van der Waals surface area contributed by atoms with Crippen molar-refractivity contribution in [1.29, 1.82) is 0 Å². The monoisotopic (exact) mass is 558 g/mol. The summed E-state index contributed by atoms with van der Waals surface area (Å²) in [5.41, 5.74) is 2.27. The number of nitrogens with one attached hydrogen (secondary N) is 2. The maximum atomic E-state index is 6.22. The largest absolute Gasteiger partial charge is 0.492 e. The summed E-state index contributed by atoms with van der Waals surface area (Å²) in [6, 6.07) is 16.1. The lowest BCUT2D eigenvalue weighted by molar-refractivity contribution is 0.0322. The first-order valence-electron chi connectivity index (χ1n) is 10.4. The van der Waals surface area contributed by atoms with Gasteiger partial charge in [0.2, 0.25) is 0 Å². The predicted octanol–water partition coefficient (Wildman–Crippen LogP) is 3.58. The third kappa shape index (κ3) is 9.22. The van der Waals surface area contributed by atoms with E-state index in [4.69, 9.17) is 21.1 Å². The number of aliphatic imine (C=N–C) groups is 1. The Morgan fingerprint density at radius 3 is 2.71 bits per heavy atom. The molecule has 3 rings (SSSR count). The van der Waals surface area contributed by atoms with Crippen LogP contribution in [0.3, 0.4) is 0 Å². The van der Waals surface area contributed by atoms with E-state index in [1.165, 1.54) is 0 Å². The predicted molar refractivity (Wildman–Crippen MR) is 138 cm³/mol. The number of hydrogen-bond acceptors (Lipinski definition) is 4. The van der Waals surface area contributed by atoms with Crippen molar-refractivity contribution in [2.24, 2.45) is 4.99 Å². The summed E-state index contributed by atoms with van der Waals surface area (Å²) in [6.45, 7) is 6.63. The number of benzene rings is 2. The van der Waals surface area contributed by atoms with Crippen LogP contribution in [0.2, 0.25) is 5.02 Å². The summed E-state index contributed by atoms with van der Waals surface area (Å²) in [5.74, 6) is 1.66. The Balaban J connectivity index is 0.00000341. The molecule has 1 aliphatic rings. The lowest BCUT2D eigenvalue weighted by atomic mass is 10.1. The van der Waals surface area contributed by atoms with Gasteiger partial charge in [0.1, 0.15) is 12.4 Å². The summed E-state index contributed by atoms with van der Waals surface area (Å²) in [6.07, 6.45) is 0.840. The van der Waals surface area contributed by atoms with Gasteiger partial charge in [0, 0.05) is 44.8 Å². The quantitative estimate of drug-likeness (QED) is 0.280. The second kappa shape index (κ2) is 14.5. The topological polar surface area (TPSA) is 58.1 Å². The van der Waals surface area contributed by atoms with Crippen LogP contribution in [-0.4, -0.2) is 63.9 Å². The lowest BCUT2D eigenvalue weighted by Crippen LogP contribution is -2.38. The fourth-order valence-electron chi connectivity index (χ4n) is 3.29. The second-order valence-corrected chi connectivity index (χ2v) is 7.55. The summed E-state index contributed by atoms with van der Waals surface area (Å²) in [4.78, 5) is 6.66. The van der Waals surface area contributed by atoms with Crippen LogP contribution in [0.15, 0.2) is 53.5 Å². The van der Waals surface area contributed by atoms with Crippen molar-refractivity contribution in [3.63, 3.8) is 0 Å². The maximum Gasteiger partial charge on any atom is 0.191 e. The van der Waals surface area contributed by atoms with E-state index in [0.29, 0.717) is 13.2 Å². The van der Waals surface area contributed by atoms with Crippen molar-refractivity contribution in [2.45, 2.75) is 13.0 Å². The zero-order valence-electron chi connectivity index (χ0n) is 18.0. The van der Waals surface area contributed by atoms with Crippen LogP contribution in [0, 0.1) is 0 Å². The zero-order chi connectivity index (χ0) is 21.0. The van der Waals surface area contributed by atoms with Crippen molar-refractivity contribution >= 4 is 41.5 Å². The number of rotatable bonds is 9. The average molecular weight is 559 g/mol. The van der Waals surface area contributed by atoms with Gasteiger partial charge in [-0.2, -0.15) is 0 Å². The van der Waals surface area contributed by atoms with Gasteiger partial charge in [0.25, 0.3) is 0 Å². The summed E-state index contributed by atoms with van der Waals surface area (Å²) in [7, 11) is 1.77. The number of ether oxygens (including phenoxy) is 2. The van der Waals surface area contributed by atoms with Gasteiger partial charge in [0.05, 0.1) is 13.2 Å². The molecule has 170 valence electrons. The standard InChI is InChI=1S/C23H31ClN4O2.HI/c1-25-23(26-10-9-20-6-2-3-8-22(20)24)27-18-19-5-4-7-21(17-19)30-16-13-28-11-14-29-15-12-28;/h2-8,17H,9-16,18H2,1H3,(H2,25,26,27);1H. The molecule has 0 bridgehead atoms. The summed E-state index contributed by atoms with van der Waals surface area (Å²) in [5, 5.41) is 7.48. The van der Waals surface area contributed by atoms with Gasteiger partial charge in [-0.3, -0.25) is 9.89 Å². The fraction of sp³-hybridized carbons (Fsp3) is 0.435. The van der Waals surface area contributed by atoms with Crippen LogP contribution in [-0.2, 0) is 17.7 Å². The van der Waals surface area contributed by atoms with Gasteiger partial charge in [-0.1, -0.05) is 41.9 Å². The molecule has 1 heterocycles. The molecule has 0 saturated carbocycles. The molecule has 0 unspecified atom stereocenters. The third-order valence-corrected chi connectivity index (χ3v) is 5.38. The molecule has 31 heavy (non-hydrogen) atoms. The molecule has 1 fully saturated rings. The minimum Gasteiger partial charge on any atom is -0.492 e. The van der Waals surface area contributed by atoms with Crippen LogP contribution >= 0.6 is 35.6 Å². The van der Waals surface area contributed by atoms with Crippen molar-refractivity contribution < 1.29 is 9.47 Å². The van der Waals surface area contributed by atoms with Gasteiger partial charge in [-0.15, -0.1) is 24.0 Å². The van der Waals surface area contributed by atoms with E-state index in [2.05, 4.69) is 32.7 Å². The van der Waals surface area contributed by atoms with Gasteiger partial charge in [-0.05, 0) is 35.7 Å². The average Bonchev–Trinajstić information content (AvgIpc) is 2.78. The van der Waals surface area contributed by atoms with Crippen LogP contribution in [0.1, 0.15) is 11.1 Å². The Hall–Kier alpha value is -1.55. The molecule has 0 atom stereocenters. The van der Waals surface area contributed by atoms with Crippen molar-refractivity contribution in [1.82, 2.24) is 15.5 Å². The Bertz CT molecular complexity index is 816. The van der Waals surface area contributed by atoms with E-state index < -0.39 is 0 Å². The molecule has 0 aromatic heterocycles. The number of morpholine rings is 1. The number of guanidine groups is 1. The highest BCUT2D eigenvalue weighted by atomic mass is 127. The number of nitrogens with zero attached hydrogens (tertiary/aromatic N) is 2. The molecular formula is C23H32ClIN4O2. The van der Waals surface area contributed by atoms with Gasteiger partial charge in [0.15, 0.2) is 5.96 Å². The van der Waals surface area contributed by atoms with Crippen LogP contribution in [0.4, 0.5) is 0 Å². The smallest absolute Gasteiger partial charge is 0.191 e. The number of hydrogen-bond donors (Lipinski definition) is 2. The second-order valence-electron chi connectivity index (χ2n) is 7.14. The van der Waals surface area contributed by atoms with Crippen LogP contribution < -0.4 is 15.4 Å². The normalized spacial score (nSPS) is 14.6. The molecule has 2 N–H and O–H groups in total. The molecule has 1 aliphatic heterocycles. The van der Waals surface area contributed by atoms with Gasteiger partial charge in [-0.25, -0.2) is 0 Å². The van der Waals surface area contributed by atoms with E-state index in [1.807, 2.05) is 36.4 Å². The first kappa shape index (κ1) is 25.7. The molecule has 2 aromatic rings. The highest BCUT2D eigenvalue weighted by molar-refractivity contribution is 14.0. The minimum atomic E-state index is 0. The van der Waals surface area contributed by atoms with Crippen LogP contribution in [0.25, 0.3) is 0 Å². The Labute approximate surface area is 207 Å². The molecule has 0 aliphatic carbocycles. The Morgan fingerprint density at radius 1 is 1.13 bits per heavy atom. The SMILES string of the molecule is CN=C(NCCc1ccccc1Cl)NCc1cccc(OCCN2CCOCC2)c1.I. The molecule has 2 aromatic carbocycles. The number of halogens is 2. The van der Waals surface area contributed by atoms with Crippen LogP contribution in [0.5, 0.6) is 5.75 Å². The van der Waals surface area contributed by atoms with Gasteiger partial charge >= 0.3 is 0 Å². The highest BCUT2D eigenvalue weighted by Crippen LogP contribution is 2.15. The van der Waals surface area contributed by atoms with E-state index >= 15 is 0 Å². The summed E-state index contributed by atoms with van der Waals surface area (Å²) < 4.78 is 11.3. The van der Waals surface area contributed by atoms with E-state index in [-0.39, 0.29) is 24.0 Å². The first-order chi connectivity index (χ1) is 14.7. The maximum absolute atomic E-state index is 6.22. The first-order valence-corrected chi connectivity index (χ1v) is 10.8. The highest BCUT2D eigenvalue weighted by Gasteiger charge is 2.09. The third-order valence-electron chi connectivity index (χ3n) is 5.01. The van der Waals surface area contributed by atoms with E-state index in [0.717, 1.165) is 73.7 Å². The van der Waals surface area contributed by atoms with E-state index in [9.17, 15) is 0 Å². The Morgan fingerprint density at radius 2 is 1.94 bits per heavy atom. The molecule has 1 saturated heterocycles. The fourth-order valence-corrected chi connectivity index (χ4v) is 3.52. The van der Waals surface area contributed by atoms with Crippen molar-refractivity contribution in [3.8, 4) is 5.75 Å². The molecular weight excluding hydrogens is 527 g/mol. The zero-order valence-corrected chi connectivity index (χ0v) is 21.1. The van der Waals surface area contributed by atoms with Crippen molar-refractivity contribution in [2.75, 3.05) is 53.0 Å². The molecule has 0 amide bonds. The molecule has 0 radical (unpaired) electrons. The minimum absolute atomic E-state index is 0. The lowest BCUT2D eigenvalue weighted by Gasteiger charge is -2.26. The Kier molecular flexibility index (Phi) is 12.0. The van der Waals surface area contributed by atoms with Gasteiger partial charge < -0.3 is 20.1 Å². The summed E-state index contributed by atoms with van der Waals surface area (Å²) >= 11 is 6.22. The van der Waals surface area contributed by atoms with E-state index in [1.54, 1.807) is 7.05 Å². The van der Waals surface area contributed by atoms with Crippen molar-refractivity contribution in [3.05, 3.63) is 64.7 Å².